The van der Waals surface area contributed by atoms with Gasteiger partial charge in [-0.3, -0.25) is 4.79 Å². The number of hydrogen-bond donors (Lipinski definition) is 1. The van der Waals surface area contributed by atoms with Gasteiger partial charge in [-0.2, -0.15) is 13.2 Å². The van der Waals surface area contributed by atoms with Crippen LogP contribution in [0.4, 0.5) is 18.9 Å². The smallest absolute Gasteiger partial charge is 0.325 e. The first-order valence-electron chi connectivity index (χ1n) is 10.9. The number of carbonyl (C=O) groups is 1. The lowest BCUT2D eigenvalue weighted by Crippen LogP contribution is -2.18. The first kappa shape index (κ1) is 23.8. The normalized spacial score (nSPS) is 16.0. The maximum absolute atomic E-state index is 13.2. The van der Waals surface area contributed by atoms with Crippen LogP contribution in [0.3, 0.4) is 0 Å². The molecule has 3 aromatic rings. The van der Waals surface area contributed by atoms with Gasteiger partial charge in [-0.15, -0.1) is 21.5 Å². The molecule has 0 spiro atoms. The Morgan fingerprint density at radius 1 is 1.30 bits per heavy atom. The summed E-state index contributed by atoms with van der Waals surface area (Å²) in [7, 11) is 0. The Morgan fingerprint density at radius 2 is 2.09 bits per heavy atom. The van der Waals surface area contributed by atoms with Crippen molar-refractivity contribution in [2.24, 2.45) is 5.92 Å². The minimum Gasteiger partial charge on any atom is -0.325 e. The molecule has 5 nitrogen and oxygen atoms in total. The summed E-state index contributed by atoms with van der Waals surface area (Å²) in [5.74, 6) is 0.901. The summed E-state index contributed by atoms with van der Waals surface area (Å²) >= 11 is 2.95. The summed E-state index contributed by atoms with van der Waals surface area (Å²) in [6.07, 6.45) is -0.404. The third-order valence-corrected chi connectivity index (χ3v) is 7.66. The van der Waals surface area contributed by atoms with E-state index in [1.54, 1.807) is 11.3 Å². The van der Waals surface area contributed by atoms with Crippen molar-refractivity contribution in [2.75, 3.05) is 11.1 Å². The minimum absolute atomic E-state index is 0.0622. The van der Waals surface area contributed by atoms with Crippen molar-refractivity contribution in [2.45, 2.75) is 57.4 Å². The van der Waals surface area contributed by atoms with Crippen molar-refractivity contribution >= 4 is 34.7 Å². The second-order valence-electron chi connectivity index (χ2n) is 8.24. The Kier molecular flexibility index (Phi) is 7.13. The number of anilines is 1. The molecule has 2 heterocycles. The summed E-state index contributed by atoms with van der Waals surface area (Å²) in [5.41, 5.74) is 1.35. The fourth-order valence-corrected chi connectivity index (χ4v) is 6.05. The first-order chi connectivity index (χ1) is 15.8. The van der Waals surface area contributed by atoms with Crippen LogP contribution in [0.2, 0.25) is 0 Å². The molecule has 1 unspecified atom stereocenters. The number of thiophene rings is 1. The number of rotatable bonds is 7. The Bertz CT molecular complexity index is 1140. The third kappa shape index (κ3) is 5.27. The molecule has 0 saturated carbocycles. The highest BCUT2D eigenvalue weighted by atomic mass is 32.2. The highest BCUT2D eigenvalue weighted by Gasteiger charge is 2.33. The Labute approximate surface area is 198 Å². The number of carbonyl (C=O) groups excluding carboxylic acids is 1. The molecule has 0 saturated heterocycles. The zero-order valence-corrected chi connectivity index (χ0v) is 20.0. The topological polar surface area (TPSA) is 59.8 Å². The van der Waals surface area contributed by atoms with Crippen molar-refractivity contribution in [3.8, 4) is 11.4 Å². The number of benzene rings is 1. The number of aromatic nitrogens is 3. The van der Waals surface area contributed by atoms with E-state index in [0.29, 0.717) is 17.6 Å². The summed E-state index contributed by atoms with van der Waals surface area (Å²) in [5, 5.41) is 13.9. The van der Waals surface area contributed by atoms with Crippen molar-refractivity contribution < 1.29 is 18.0 Å². The van der Waals surface area contributed by atoms with Crippen molar-refractivity contribution in [1.29, 1.82) is 0 Å². The predicted molar refractivity (Wildman–Crippen MR) is 126 cm³/mol. The van der Waals surface area contributed by atoms with E-state index >= 15 is 0 Å². The molecule has 0 aliphatic heterocycles. The van der Waals surface area contributed by atoms with Crippen LogP contribution in [0.15, 0.2) is 34.8 Å². The lowest BCUT2D eigenvalue weighted by molar-refractivity contribution is -0.137. The number of thioether (sulfide) groups is 1. The number of nitrogens with zero attached hydrogens (tertiary/aromatic N) is 3. The quantitative estimate of drug-likeness (QED) is 0.392. The minimum atomic E-state index is -4.54. The standard InChI is InChI=1S/C23H25F3N4OS2/c1-3-10-30-21(16-12-32-19-11-14(2)8-9-15(16)19)28-29-22(30)33-13-20(31)27-18-7-5-4-6-17(18)23(24,25)26/h4-7,12,14H,3,8-11,13H2,1-2H3,(H,27,31). The number of hydrogen-bond acceptors (Lipinski definition) is 5. The van der Waals surface area contributed by atoms with Crippen molar-refractivity contribution in [1.82, 2.24) is 14.8 Å². The molecule has 1 amide bonds. The largest absolute Gasteiger partial charge is 0.418 e. The van der Waals surface area contributed by atoms with Gasteiger partial charge in [0.2, 0.25) is 5.91 Å². The molecule has 1 N–H and O–H groups in total. The SMILES string of the molecule is CCCn1c(SCC(=O)Nc2ccccc2C(F)(F)F)nnc1-c1csc2c1CCC(C)C2. The van der Waals surface area contributed by atoms with E-state index in [-0.39, 0.29) is 11.4 Å². The fraction of sp³-hybridized carbons (Fsp3) is 0.435. The van der Waals surface area contributed by atoms with Crippen LogP contribution in [0.5, 0.6) is 0 Å². The zero-order valence-electron chi connectivity index (χ0n) is 18.4. The van der Waals surface area contributed by atoms with Gasteiger partial charge in [0, 0.05) is 22.4 Å². The van der Waals surface area contributed by atoms with Gasteiger partial charge in [-0.05, 0) is 49.3 Å². The molecule has 4 rings (SSSR count). The lowest BCUT2D eigenvalue weighted by atomic mass is 9.88. The maximum Gasteiger partial charge on any atom is 0.418 e. The van der Waals surface area contributed by atoms with E-state index in [0.717, 1.165) is 43.1 Å². The summed E-state index contributed by atoms with van der Waals surface area (Å²) in [6.45, 7) is 5.03. The molecular formula is C23H25F3N4OS2. The van der Waals surface area contributed by atoms with Crippen LogP contribution in [-0.2, 0) is 30.4 Å². The molecular weight excluding hydrogens is 469 g/mol. The molecule has 1 aliphatic carbocycles. The van der Waals surface area contributed by atoms with Crippen LogP contribution >= 0.6 is 23.1 Å². The highest BCUT2D eigenvalue weighted by Crippen LogP contribution is 2.38. The Morgan fingerprint density at radius 3 is 2.85 bits per heavy atom. The van der Waals surface area contributed by atoms with Crippen LogP contribution in [0.1, 0.15) is 42.7 Å². The maximum atomic E-state index is 13.2. The second-order valence-corrected chi connectivity index (χ2v) is 10.1. The van der Waals surface area contributed by atoms with Gasteiger partial charge < -0.3 is 9.88 Å². The number of halogens is 3. The van der Waals surface area contributed by atoms with Gasteiger partial charge >= 0.3 is 6.18 Å². The molecule has 0 radical (unpaired) electrons. The Balaban J connectivity index is 1.50. The van der Waals surface area contributed by atoms with Gasteiger partial charge in [-0.1, -0.05) is 37.7 Å². The second kappa shape index (κ2) is 9.89. The average Bonchev–Trinajstić information content (AvgIpc) is 3.35. The average molecular weight is 495 g/mol. The number of para-hydroxylation sites is 1. The number of fused-ring (bicyclic) bond motifs is 1. The third-order valence-electron chi connectivity index (χ3n) is 5.65. The van der Waals surface area contributed by atoms with E-state index in [4.69, 9.17) is 0 Å². The summed E-state index contributed by atoms with van der Waals surface area (Å²) in [6, 6.07) is 4.97. The van der Waals surface area contributed by atoms with E-state index in [9.17, 15) is 18.0 Å². The molecule has 1 atom stereocenters. The number of amides is 1. The van der Waals surface area contributed by atoms with E-state index in [2.05, 4.69) is 34.7 Å². The molecule has 33 heavy (non-hydrogen) atoms. The Hall–Kier alpha value is -2.33. The van der Waals surface area contributed by atoms with Gasteiger partial charge in [0.25, 0.3) is 0 Å². The van der Waals surface area contributed by atoms with E-state index in [1.165, 1.54) is 40.4 Å². The van der Waals surface area contributed by atoms with E-state index in [1.807, 2.05) is 4.57 Å². The van der Waals surface area contributed by atoms with Crippen molar-refractivity contribution in [3.63, 3.8) is 0 Å². The molecule has 0 bridgehead atoms. The summed E-state index contributed by atoms with van der Waals surface area (Å²) < 4.78 is 41.6. The molecule has 1 aromatic carbocycles. The van der Waals surface area contributed by atoms with Crippen LogP contribution in [-0.4, -0.2) is 26.4 Å². The molecule has 176 valence electrons. The molecule has 10 heteroatoms. The highest BCUT2D eigenvalue weighted by molar-refractivity contribution is 7.99. The lowest BCUT2D eigenvalue weighted by Gasteiger charge is -2.19. The summed E-state index contributed by atoms with van der Waals surface area (Å²) in [4.78, 5) is 13.8. The monoisotopic (exact) mass is 494 g/mol. The van der Waals surface area contributed by atoms with Gasteiger partial charge in [0.15, 0.2) is 11.0 Å². The molecule has 2 aromatic heterocycles. The predicted octanol–water partition coefficient (Wildman–Crippen LogP) is 6.29. The van der Waals surface area contributed by atoms with E-state index < -0.39 is 17.6 Å². The number of nitrogens with one attached hydrogen (secondary N) is 1. The van der Waals surface area contributed by atoms with Crippen LogP contribution in [0, 0.1) is 5.92 Å². The van der Waals surface area contributed by atoms with Crippen LogP contribution < -0.4 is 5.32 Å². The van der Waals surface area contributed by atoms with Gasteiger partial charge in [0.1, 0.15) is 0 Å². The van der Waals surface area contributed by atoms with Crippen LogP contribution in [0.25, 0.3) is 11.4 Å². The zero-order chi connectivity index (χ0) is 23.6. The first-order valence-corrected chi connectivity index (χ1v) is 12.8. The molecule has 0 fully saturated rings. The number of alkyl halides is 3. The van der Waals surface area contributed by atoms with Gasteiger partial charge in [0.05, 0.1) is 17.0 Å². The van der Waals surface area contributed by atoms with Crippen molar-refractivity contribution in [3.05, 3.63) is 45.6 Å². The fourth-order valence-electron chi connectivity index (χ4n) is 4.04. The van der Waals surface area contributed by atoms with Gasteiger partial charge in [-0.25, -0.2) is 0 Å². The molecule has 1 aliphatic rings.